The van der Waals surface area contributed by atoms with Gasteiger partial charge in [0, 0.05) is 18.0 Å². The summed E-state index contributed by atoms with van der Waals surface area (Å²) in [5.74, 6) is -3.11. The summed E-state index contributed by atoms with van der Waals surface area (Å²) in [5, 5.41) is 8.91. The molecule has 0 saturated carbocycles. The zero-order valence-corrected chi connectivity index (χ0v) is 9.41. The minimum absolute atomic E-state index is 0.0644. The molecule has 0 radical (unpaired) electrons. The first-order valence-electron chi connectivity index (χ1n) is 5.21. The van der Waals surface area contributed by atoms with E-state index in [2.05, 4.69) is 0 Å². The number of aryl methyl sites for hydroxylation is 1. The highest BCUT2D eigenvalue weighted by molar-refractivity contribution is 6.08. The van der Waals surface area contributed by atoms with Gasteiger partial charge in [0.15, 0.2) is 6.29 Å². The number of carboxylic acid groups (broad SMARTS) is 1. The van der Waals surface area contributed by atoms with Gasteiger partial charge in [-0.25, -0.2) is 13.6 Å². The van der Waals surface area contributed by atoms with E-state index in [0.29, 0.717) is 6.07 Å². The molecule has 0 aliphatic carbocycles. The summed E-state index contributed by atoms with van der Waals surface area (Å²) in [4.78, 5) is 22.1. The second-order valence-electron chi connectivity index (χ2n) is 3.71. The van der Waals surface area contributed by atoms with Gasteiger partial charge in [-0.15, -0.1) is 0 Å². The molecule has 94 valence electrons. The van der Waals surface area contributed by atoms with Crippen LogP contribution in [0.3, 0.4) is 0 Å². The van der Waals surface area contributed by atoms with Crippen LogP contribution >= 0.6 is 0 Å². The van der Waals surface area contributed by atoms with Crippen molar-refractivity contribution in [3.8, 4) is 0 Å². The molecule has 0 atom stereocenters. The van der Waals surface area contributed by atoms with Gasteiger partial charge in [0.25, 0.3) is 0 Å². The molecule has 0 fully saturated rings. The lowest BCUT2D eigenvalue weighted by atomic mass is 10.1. The standard InChI is InChI=1S/C12H9F2NO3/c1-2-15-9-4-6(13)3-8(14)10(9)7(5-16)11(15)12(17)18/h3-5H,2H2,1H3,(H,17,18). The monoisotopic (exact) mass is 253 g/mol. The van der Waals surface area contributed by atoms with Crippen LogP contribution in [-0.4, -0.2) is 21.9 Å². The van der Waals surface area contributed by atoms with E-state index in [1.807, 2.05) is 0 Å². The molecule has 4 nitrogen and oxygen atoms in total. The van der Waals surface area contributed by atoms with Crippen LogP contribution in [0.5, 0.6) is 0 Å². The summed E-state index contributed by atoms with van der Waals surface area (Å²) in [6.07, 6.45) is 0.277. The molecule has 6 heteroatoms. The Morgan fingerprint density at radius 2 is 2.11 bits per heavy atom. The highest BCUT2D eigenvalue weighted by atomic mass is 19.1. The first kappa shape index (κ1) is 12.2. The molecule has 18 heavy (non-hydrogen) atoms. The summed E-state index contributed by atoms with van der Waals surface area (Å²) in [7, 11) is 0. The number of carbonyl (C=O) groups is 2. The van der Waals surface area contributed by atoms with E-state index in [-0.39, 0.29) is 35.0 Å². The third kappa shape index (κ3) is 1.57. The lowest BCUT2D eigenvalue weighted by molar-refractivity contribution is 0.0683. The third-order valence-corrected chi connectivity index (χ3v) is 2.76. The lowest BCUT2D eigenvalue weighted by Crippen LogP contribution is -2.09. The number of nitrogens with zero attached hydrogens (tertiary/aromatic N) is 1. The van der Waals surface area contributed by atoms with Gasteiger partial charge in [0.05, 0.1) is 11.1 Å². The zero-order valence-electron chi connectivity index (χ0n) is 9.41. The summed E-state index contributed by atoms with van der Waals surface area (Å²) in [6, 6.07) is 1.64. The van der Waals surface area contributed by atoms with Gasteiger partial charge in [-0.3, -0.25) is 4.79 Å². The summed E-state index contributed by atoms with van der Waals surface area (Å²) >= 11 is 0. The first-order valence-corrected chi connectivity index (χ1v) is 5.21. The molecule has 1 aromatic carbocycles. The van der Waals surface area contributed by atoms with E-state index in [1.54, 1.807) is 6.92 Å². The molecule has 0 aliphatic rings. The number of aromatic nitrogens is 1. The number of carbonyl (C=O) groups excluding carboxylic acids is 1. The fraction of sp³-hybridized carbons (Fsp3) is 0.167. The Balaban J connectivity index is 3.04. The van der Waals surface area contributed by atoms with Crippen LogP contribution in [0.4, 0.5) is 8.78 Å². The second kappa shape index (κ2) is 4.21. The van der Waals surface area contributed by atoms with Crippen molar-refractivity contribution in [2.24, 2.45) is 0 Å². The molecule has 1 heterocycles. The lowest BCUT2D eigenvalue weighted by Gasteiger charge is -2.04. The van der Waals surface area contributed by atoms with Gasteiger partial charge in [-0.05, 0) is 13.0 Å². The molecule has 0 spiro atoms. The highest BCUT2D eigenvalue weighted by Gasteiger charge is 2.24. The van der Waals surface area contributed by atoms with Crippen molar-refractivity contribution in [3.63, 3.8) is 0 Å². The quantitative estimate of drug-likeness (QED) is 0.855. The van der Waals surface area contributed by atoms with E-state index >= 15 is 0 Å². The Morgan fingerprint density at radius 3 is 2.61 bits per heavy atom. The third-order valence-electron chi connectivity index (χ3n) is 2.76. The predicted octanol–water partition coefficient (Wildman–Crippen LogP) is 2.45. The van der Waals surface area contributed by atoms with Gasteiger partial charge in [-0.1, -0.05) is 0 Å². The maximum absolute atomic E-state index is 13.7. The van der Waals surface area contributed by atoms with Crippen molar-refractivity contribution < 1.29 is 23.5 Å². The van der Waals surface area contributed by atoms with Gasteiger partial charge >= 0.3 is 5.97 Å². The number of carboxylic acids is 1. The number of hydrogen-bond donors (Lipinski definition) is 1. The van der Waals surface area contributed by atoms with Gasteiger partial charge in [-0.2, -0.15) is 0 Å². The molecule has 0 aliphatic heterocycles. The van der Waals surface area contributed by atoms with Crippen molar-refractivity contribution in [1.29, 1.82) is 0 Å². The Morgan fingerprint density at radius 1 is 1.44 bits per heavy atom. The summed E-state index contributed by atoms with van der Waals surface area (Å²) in [6.45, 7) is 1.82. The Labute approximate surface area is 100 Å². The van der Waals surface area contributed by atoms with Crippen LogP contribution in [0.25, 0.3) is 10.9 Å². The van der Waals surface area contributed by atoms with E-state index in [9.17, 15) is 18.4 Å². The summed E-state index contributed by atoms with van der Waals surface area (Å²) in [5.41, 5.74) is -0.529. The molecular formula is C12H9F2NO3. The maximum atomic E-state index is 13.7. The minimum atomic E-state index is -1.35. The fourth-order valence-electron chi connectivity index (χ4n) is 2.10. The van der Waals surface area contributed by atoms with Crippen LogP contribution in [0.2, 0.25) is 0 Å². The predicted molar refractivity (Wildman–Crippen MR) is 59.9 cm³/mol. The van der Waals surface area contributed by atoms with Gasteiger partial charge in [0.1, 0.15) is 17.3 Å². The number of hydrogen-bond acceptors (Lipinski definition) is 2. The van der Waals surface area contributed by atoms with Gasteiger partial charge in [0.2, 0.25) is 0 Å². The largest absolute Gasteiger partial charge is 0.477 e. The van der Waals surface area contributed by atoms with E-state index in [0.717, 1.165) is 6.07 Å². The number of fused-ring (bicyclic) bond motifs is 1. The Hall–Kier alpha value is -2.24. The van der Waals surface area contributed by atoms with Crippen molar-refractivity contribution in [1.82, 2.24) is 4.57 Å². The summed E-state index contributed by atoms with van der Waals surface area (Å²) < 4.78 is 28.1. The number of rotatable bonds is 3. The van der Waals surface area contributed by atoms with Crippen molar-refractivity contribution in [3.05, 3.63) is 35.0 Å². The molecule has 2 rings (SSSR count). The Kier molecular flexibility index (Phi) is 2.86. The minimum Gasteiger partial charge on any atom is -0.477 e. The molecule has 2 aromatic rings. The van der Waals surface area contributed by atoms with Crippen LogP contribution < -0.4 is 0 Å². The van der Waals surface area contributed by atoms with Crippen LogP contribution in [-0.2, 0) is 6.54 Å². The van der Waals surface area contributed by atoms with Crippen LogP contribution in [0, 0.1) is 11.6 Å². The molecule has 0 bridgehead atoms. The smallest absolute Gasteiger partial charge is 0.353 e. The highest BCUT2D eigenvalue weighted by Crippen LogP contribution is 2.28. The topological polar surface area (TPSA) is 59.3 Å². The number of aldehydes is 1. The Bertz CT molecular complexity index is 661. The van der Waals surface area contributed by atoms with Crippen molar-refractivity contribution in [2.45, 2.75) is 13.5 Å². The molecule has 0 saturated heterocycles. The van der Waals surface area contributed by atoms with Crippen LogP contribution in [0.15, 0.2) is 12.1 Å². The molecule has 1 aromatic heterocycles. The van der Waals surface area contributed by atoms with Crippen LogP contribution in [0.1, 0.15) is 27.8 Å². The normalized spacial score (nSPS) is 10.8. The van der Waals surface area contributed by atoms with Crippen molar-refractivity contribution in [2.75, 3.05) is 0 Å². The first-order chi connectivity index (χ1) is 8.51. The van der Waals surface area contributed by atoms with E-state index < -0.39 is 17.6 Å². The zero-order chi connectivity index (χ0) is 13.4. The number of benzene rings is 1. The maximum Gasteiger partial charge on any atom is 0.353 e. The molecule has 1 N–H and O–H groups in total. The average molecular weight is 253 g/mol. The second-order valence-corrected chi connectivity index (χ2v) is 3.71. The molecular weight excluding hydrogens is 244 g/mol. The van der Waals surface area contributed by atoms with E-state index in [4.69, 9.17) is 5.11 Å². The van der Waals surface area contributed by atoms with Crippen molar-refractivity contribution >= 4 is 23.2 Å². The van der Waals surface area contributed by atoms with E-state index in [1.165, 1.54) is 4.57 Å². The SMILES string of the molecule is CCn1c(C(=O)O)c(C=O)c2c(F)cc(F)cc21. The fourth-order valence-corrected chi connectivity index (χ4v) is 2.10. The number of aromatic carboxylic acids is 1. The number of halogens is 2. The molecule has 0 unspecified atom stereocenters. The average Bonchev–Trinajstić information content (AvgIpc) is 2.62. The van der Waals surface area contributed by atoms with Gasteiger partial charge < -0.3 is 9.67 Å². The molecule has 0 amide bonds.